The van der Waals surface area contributed by atoms with Crippen molar-refractivity contribution in [1.82, 2.24) is 5.16 Å². The van der Waals surface area contributed by atoms with E-state index in [0.29, 0.717) is 0 Å². The van der Waals surface area contributed by atoms with Gasteiger partial charge in [-0.15, -0.1) is 10.2 Å². The van der Waals surface area contributed by atoms with E-state index >= 15 is 0 Å². The van der Waals surface area contributed by atoms with Crippen LogP contribution in [0.4, 0.5) is 22.9 Å². The molecule has 0 saturated heterocycles. The molecule has 0 saturated carbocycles. The van der Waals surface area contributed by atoms with Crippen LogP contribution in [0.15, 0.2) is 45.2 Å². The lowest BCUT2D eigenvalue weighted by atomic mass is 10.2. The largest absolute Gasteiger partial charge is 0.397 e. The maximum atomic E-state index is 11.3. The van der Waals surface area contributed by atoms with Gasteiger partial charge in [0, 0.05) is 25.7 Å². The number of nitro benzene ring substituents is 1. The van der Waals surface area contributed by atoms with E-state index < -0.39 is 15.3 Å². The van der Waals surface area contributed by atoms with Gasteiger partial charge in [-0.05, 0) is 12.1 Å². The van der Waals surface area contributed by atoms with Gasteiger partial charge in [0.05, 0.1) is 23.4 Å². The van der Waals surface area contributed by atoms with Gasteiger partial charge in [0.25, 0.3) is 11.6 Å². The highest BCUT2D eigenvalue weighted by molar-refractivity contribution is 7.80. The Bertz CT molecular complexity index is 866. The molecule has 0 aliphatic carbocycles. The molecule has 134 valence electrons. The Morgan fingerprint density at radius 3 is 2.76 bits per heavy atom. The standard InChI is InChI=1S/C12H13N5O7S/c1-16(6-7-23-25(20,21)22)10-3-2-9(8-11(10)17(18)19)14-15-12-4-5-13-24-12/h2-5,8H,6-7H2,1H3,(H,20,21,22). The number of hydrogen-bond acceptors (Lipinski definition) is 10. The summed E-state index contributed by atoms with van der Waals surface area (Å²) in [5.74, 6) is 0.145. The Labute approximate surface area is 141 Å². The molecule has 0 spiro atoms. The first kappa shape index (κ1) is 18.4. The summed E-state index contributed by atoms with van der Waals surface area (Å²) in [4.78, 5) is 12.1. The second-order valence-corrected chi connectivity index (χ2v) is 5.74. The van der Waals surface area contributed by atoms with Crippen molar-refractivity contribution in [3.05, 3.63) is 40.6 Å². The van der Waals surface area contributed by atoms with Crippen LogP contribution in [0.25, 0.3) is 0 Å². The Morgan fingerprint density at radius 1 is 1.40 bits per heavy atom. The van der Waals surface area contributed by atoms with Crippen LogP contribution >= 0.6 is 0 Å². The Hall–Kier alpha value is -2.90. The number of anilines is 1. The average Bonchev–Trinajstić information content (AvgIpc) is 3.04. The second-order valence-electron chi connectivity index (χ2n) is 4.65. The molecule has 1 N–H and O–H groups in total. The SMILES string of the molecule is CN(CCOS(=O)(=O)O)c1ccc(N=Nc2ccno2)cc1[N+](=O)[O-]. The highest BCUT2D eigenvalue weighted by Gasteiger charge is 2.18. The van der Waals surface area contributed by atoms with Crippen LogP contribution in [0.1, 0.15) is 0 Å². The van der Waals surface area contributed by atoms with Crippen molar-refractivity contribution in [3.8, 4) is 0 Å². The van der Waals surface area contributed by atoms with Gasteiger partial charge in [-0.1, -0.05) is 5.16 Å². The van der Waals surface area contributed by atoms with E-state index in [4.69, 9.17) is 9.08 Å². The molecule has 0 bridgehead atoms. The fourth-order valence-corrected chi connectivity index (χ4v) is 2.10. The topological polar surface area (TPSA) is 161 Å². The summed E-state index contributed by atoms with van der Waals surface area (Å²) in [5.41, 5.74) is 0.167. The minimum atomic E-state index is -4.57. The summed E-state index contributed by atoms with van der Waals surface area (Å²) in [6.45, 7) is -0.390. The summed E-state index contributed by atoms with van der Waals surface area (Å²) >= 11 is 0. The third-order valence-corrected chi connectivity index (χ3v) is 3.38. The molecule has 0 unspecified atom stereocenters. The lowest BCUT2D eigenvalue weighted by Crippen LogP contribution is -2.24. The zero-order valence-corrected chi connectivity index (χ0v) is 13.7. The highest BCUT2D eigenvalue weighted by Crippen LogP contribution is 2.32. The number of nitro groups is 1. The van der Waals surface area contributed by atoms with Gasteiger partial charge in [0.2, 0.25) is 0 Å². The van der Waals surface area contributed by atoms with Crippen LogP contribution < -0.4 is 4.90 Å². The lowest BCUT2D eigenvalue weighted by molar-refractivity contribution is -0.384. The summed E-state index contributed by atoms with van der Waals surface area (Å²) in [6.07, 6.45) is 1.38. The molecule has 13 heteroatoms. The molecule has 1 aromatic heterocycles. The van der Waals surface area contributed by atoms with E-state index in [1.54, 1.807) is 0 Å². The van der Waals surface area contributed by atoms with Gasteiger partial charge < -0.3 is 9.42 Å². The highest BCUT2D eigenvalue weighted by atomic mass is 32.3. The summed E-state index contributed by atoms with van der Waals surface area (Å²) in [5, 5.41) is 22.3. The third-order valence-electron chi connectivity index (χ3n) is 2.91. The minimum Gasteiger partial charge on any atom is -0.367 e. The van der Waals surface area contributed by atoms with Crippen molar-refractivity contribution in [2.45, 2.75) is 0 Å². The van der Waals surface area contributed by atoms with Crippen LogP contribution in [-0.2, 0) is 14.6 Å². The maximum absolute atomic E-state index is 11.3. The van der Waals surface area contributed by atoms with Gasteiger partial charge in [0.15, 0.2) is 0 Å². The summed E-state index contributed by atoms with van der Waals surface area (Å²) < 4.78 is 38.4. The number of rotatable bonds is 8. The molecule has 0 aliphatic heterocycles. The fourth-order valence-electron chi connectivity index (χ4n) is 1.81. The van der Waals surface area contributed by atoms with Crippen molar-refractivity contribution < 1.29 is 26.6 Å². The third kappa shape index (κ3) is 5.59. The smallest absolute Gasteiger partial charge is 0.367 e. The van der Waals surface area contributed by atoms with Crippen molar-refractivity contribution in [1.29, 1.82) is 0 Å². The van der Waals surface area contributed by atoms with Gasteiger partial charge in [-0.25, -0.2) is 4.18 Å². The normalized spacial score (nSPS) is 11.8. The number of aromatic nitrogens is 1. The Kier molecular flexibility index (Phi) is 5.74. The number of nitrogens with zero attached hydrogens (tertiary/aromatic N) is 5. The Morgan fingerprint density at radius 2 is 2.16 bits per heavy atom. The van der Waals surface area contributed by atoms with Gasteiger partial charge >= 0.3 is 10.4 Å². The summed E-state index contributed by atoms with van der Waals surface area (Å²) in [7, 11) is -3.06. The lowest BCUT2D eigenvalue weighted by Gasteiger charge is -2.18. The molecule has 1 heterocycles. The van der Waals surface area contributed by atoms with E-state index in [-0.39, 0.29) is 36.1 Å². The molecule has 0 radical (unpaired) electrons. The van der Waals surface area contributed by atoms with E-state index in [1.807, 2.05) is 0 Å². The van der Waals surface area contributed by atoms with Crippen molar-refractivity contribution >= 4 is 33.3 Å². The zero-order chi connectivity index (χ0) is 18.4. The molecule has 0 aliphatic rings. The monoisotopic (exact) mass is 371 g/mol. The van der Waals surface area contributed by atoms with Gasteiger partial charge in [-0.2, -0.15) is 8.42 Å². The first-order valence-corrected chi connectivity index (χ1v) is 8.06. The first-order chi connectivity index (χ1) is 11.8. The molecular formula is C12H13N5O7S. The number of azo groups is 1. The maximum Gasteiger partial charge on any atom is 0.397 e. The average molecular weight is 371 g/mol. The van der Waals surface area contributed by atoms with Crippen molar-refractivity contribution in [2.24, 2.45) is 10.2 Å². The van der Waals surface area contributed by atoms with Crippen LogP contribution in [-0.4, -0.2) is 43.2 Å². The molecule has 0 fully saturated rings. The van der Waals surface area contributed by atoms with Crippen LogP contribution in [0.3, 0.4) is 0 Å². The number of likely N-dealkylation sites (N-methyl/N-ethyl adjacent to an activating group) is 1. The number of benzene rings is 1. The molecule has 2 aromatic rings. The molecule has 12 nitrogen and oxygen atoms in total. The van der Waals surface area contributed by atoms with Gasteiger partial charge in [-0.3, -0.25) is 14.7 Å². The van der Waals surface area contributed by atoms with E-state index in [1.165, 1.54) is 42.4 Å². The molecule has 0 amide bonds. The van der Waals surface area contributed by atoms with Crippen LogP contribution in [0, 0.1) is 10.1 Å². The predicted octanol–water partition coefficient (Wildman–Crippen LogP) is 2.25. The van der Waals surface area contributed by atoms with Crippen LogP contribution in [0.2, 0.25) is 0 Å². The fraction of sp³-hybridized carbons (Fsp3) is 0.250. The minimum absolute atomic E-state index is 0.0143. The quantitative estimate of drug-likeness (QED) is 0.317. The number of hydrogen-bond donors (Lipinski definition) is 1. The van der Waals surface area contributed by atoms with Crippen LogP contribution in [0.5, 0.6) is 0 Å². The first-order valence-electron chi connectivity index (χ1n) is 6.70. The van der Waals surface area contributed by atoms with E-state index in [9.17, 15) is 18.5 Å². The van der Waals surface area contributed by atoms with E-state index in [0.717, 1.165) is 0 Å². The second kappa shape index (κ2) is 7.78. The van der Waals surface area contributed by atoms with E-state index in [2.05, 4.69) is 19.6 Å². The Balaban J connectivity index is 2.16. The molecular weight excluding hydrogens is 358 g/mol. The molecule has 0 atom stereocenters. The molecule has 1 aromatic carbocycles. The zero-order valence-electron chi connectivity index (χ0n) is 12.8. The van der Waals surface area contributed by atoms with Crippen molar-refractivity contribution in [3.63, 3.8) is 0 Å². The van der Waals surface area contributed by atoms with Gasteiger partial charge in [0.1, 0.15) is 5.69 Å². The molecule has 25 heavy (non-hydrogen) atoms. The van der Waals surface area contributed by atoms with Crippen molar-refractivity contribution in [2.75, 3.05) is 25.1 Å². The predicted molar refractivity (Wildman–Crippen MR) is 84.5 cm³/mol. The molecule has 2 rings (SSSR count). The summed E-state index contributed by atoms with van der Waals surface area (Å²) in [6, 6.07) is 5.59.